The normalized spacial score (nSPS) is 11.2. The number of likely N-dealkylation sites (N-methyl/N-ethyl adjacent to an activating group) is 1. The van der Waals surface area contributed by atoms with Crippen molar-refractivity contribution in [2.45, 2.75) is 33.2 Å². The molecule has 0 aliphatic carbocycles. The maximum Gasteiger partial charge on any atom is 0.317 e. The first-order valence-corrected chi connectivity index (χ1v) is 6.71. The standard InChI is InChI=1S/C14H25N3O3/c1-6-12(13(19)16(5)11(2)3)10-17(8-7-9-18)14(20)15-4/h6,9,11H,7-8,10H2,1-5H3,(H,15,20)/b12-6-. The van der Waals surface area contributed by atoms with Gasteiger partial charge in [-0.15, -0.1) is 0 Å². The molecule has 3 amide bonds. The summed E-state index contributed by atoms with van der Waals surface area (Å²) in [5, 5.41) is 2.51. The molecule has 0 heterocycles. The first-order valence-electron chi connectivity index (χ1n) is 6.71. The molecule has 0 fully saturated rings. The van der Waals surface area contributed by atoms with Gasteiger partial charge in [0.15, 0.2) is 0 Å². The molecule has 0 rings (SSSR count). The summed E-state index contributed by atoms with van der Waals surface area (Å²) >= 11 is 0. The summed E-state index contributed by atoms with van der Waals surface area (Å²) in [4.78, 5) is 37.5. The molecule has 0 aromatic rings. The van der Waals surface area contributed by atoms with Crippen LogP contribution < -0.4 is 5.32 Å². The quantitative estimate of drug-likeness (QED) is 0.560. The molecule has 0 unspecified atom stereocenters. The van der Waals surface area contributed by atoms with Crippen LogP contribution in [0.4, 0.5) is 4.79 Å². The molecule has 6 nitrogen and oxygen atoms in total. The van der Waals surface area contributed by atoms with Gasteiger partial charge in [-0.05, 0) is 20.8 Å². The summed E-state index contributed by atoms with van der Waals surface area (Å²) in [5.74, 6) is -0.109. The van der Waals surface area contributed by atoms with Gasteiger partial charge in [-0.1, -0.05) is 6.08 Å². The van der Waals surface area contributed by atoms with Gasteiger partial charge in [0, 0.05) is 38.7 Å². The van der Waals surface area contributed by atoms with Crippen LogP contribution in [0.3, 0.4) is 0 Å². The number of allylic oxidation sites excluding steroid dienone is 1. The van der Waals surface area contributed by atoms with Gasteiger partial charge in [0.25, 0.3) is 5.91 Å². The topological polar surface area (TPSA) is 69.7 Å². The zero-order chi connectivity index (χ0) is 15.7. The molecule has 0 saturated heterocycles. The smallest absolute Gasteiger partial charge is 0.317 e. The Morgan fingerprint density at radius 1 is 1.30 bits per heavy atom. The van der Waals surface area contributed by atoms with Crippen molar-refractivity contribution in [3.63, 3.8) is 0 Å². The van der Waals surface area contributed by atoms with Gasteiger partial charge in [0.1, 0.15) is 6.29 Å². The summed E-state index contributed by atoms with van der Waals surface area (Å²) in [5.41, 5.74) is 0.538. The lowest BCUT2D eigenvalue weighted by atomic mass is 10.2. The number of nitrogens with zero attached hydrogens (tertiary/aromatic N) is 2. The Kier molecular flexibility index (Phi) is 8.27. The third-order valence-electron chi connectivity index (χ3n) is 3.10. The lowest BCUT2D eigenvalue weighted by Crippen LogP contribution is -2.43. The third kappa shape index (κ3) is 5.42. The zero-order valence-corrected chi connectivity index (χ0v) is 13.0. The van der Waals surface area contributed by atoms with Crippen molar-refractivity contribution in [2.24, 2.45) is 0 Å². The molecule has 0 aliphatic heterocycles. The van der Waals surface area contributed by atoms with Crippen LogP contribution >= 0.6 is 0 Å². The molecule has 0 saturated carbocycles. The van der Waals surface area contributed by atoms with Crippen molar-refractivity contribution in [3.8, 4) is 0 Å². The second-order valence-electron chi connectivity index (χ2n) is 4.76. The first kappa shape index (κ1) is 18.1. The van der Waals surface area contributed by atoms with Crippen LogP contribution in [0.15, 0.2) is 11.6 Å². The lowest BCUT2D eigenvalue weighted by molar-refractivity contribution is -0.127. The molecule has 20 heavy (non-hydrogen) atoms. The monoisotopic (exact) mass is 283 g/mol. The van der Waals surface area contributed by atoms with Crippen molar-refractivity contribution < 1.29 is 14.4 Å². The number of urea groups is 1. The Labute approximate surface area is 120 Å². The van der Waals surface area contributed by atoms with Crippen molar-refractivity contribution in [3.05, 3.63) is 11.6 Å². The highest BCUT2D eigenvalue weighted by Crippen LogP contribution is 2.07. The molecule has 0 bridgehead atoms. The van der Waals surface area contributed by atoms with Gasteiger partial charge >= 0.3 is 6.03 Å². The summed E-state index contributed by atoms with van der Waals surface area (Å²) in [7, 11) is 3.25. The van der Waals surface area contributed by atoms with E-state index in [-0.39, 0.29) is 30.9 Å². The van der Waals surface area contributed by atoms with E-state index in [9.17, 15) is 14.4 Å². The van der Waals surface area contributed by atoms with E-state index in [1.54, 1.807) is 24.9 Å². The van der Waals surface area contributed by atoms with E-state index < -0.39 is 0 Å². The summed E-state index contributed by atoms with van der Waals surface area (Å²) in [6.45, 7) is 6.10. The predicted octanol–water partition coefficient (Wildman–Crippen LogP) is 1.03. The van der Waals surface area contributed by atoms with E-state index >= 15 is 0 Å². The molecule has 6 heteroatoms. The maximum atomic E-state index is 12.3. The fourth-order valence-electron chi connectivity index (χ4n) is 1.57. The second-order valence-corrected chi connectivity index (χ2v) is 4.76. The number of aldehydes is 1. The Hall–Kier alpha value is -1.85. The fourth-order valence-corrected chi connectivity index (χ4v) is 1.57. The van der Waals surface area contributed by atoms with E-state index in [4.69, 9.17) is 0 Å². The number of carbonyl (C=O) groups is 3. The molecule has 0 aromatic carbocycles. The van der Waals surface area contributed by atoms with Gasteiger partial charge in [0.2, 0.25) is 0 Å². The van der Waals surface area contributed by atoms with Crippen molar-refractivity contribution in [1.29, 1.82) is 0 Å². The molecule has 114 valence electrons. The van der Waals surface area contributed by atoms with Crippen molar-refractivity contribution in [1.82, 2.24) is 15.1 Å². The van der Waals surface area contributed by atoms with Crippen LogP contribution in [0.5, 0.6) is 0 Å². The number of hydrogen-bond donors (Lipinski definition) is 1. The van der Waals surface area contributed by atoms with E-state index in [2.05, 4.69) is 5.32 Å². The summed E-state index contributed by atoms with van der Waals surface area (Å²) in [6.07, 6.45) is 2.71. The minimum Gasteiger partial charge on any atom is -0.341 e. The molecule has 0 spiro atoms. The molecular formula is C14H25N3O3. The Morgan fingerprint density at radius 3 is 2.30 bits per heavy atom. The number of amides is 3. The van der Waals surface area contributed by atoms with Gasteiger partial charge < -0.3 is 19.9 Å². The van der Waals surface area contributed by atoms with Crippen LogP contribution in [-0.4, -0.2) is 61.3 Å². The van der Waals surface area contributed by atoms with Crippen molar-refractivity contribution >= 4 is 18.2 Å². The van der Waals surface area contributed by atoms with Crippen LogP contribution in [0.2, 0.25) is 0 Å². The molecule has 1 N–H and O–H groups in total. The van der Waals surface area contributed by atoms with Crippen LogP contribution in [0.1, 0.15) is 27.2 Å². The van der Waals surface area contributed by atoms with Gasteiger partial charge in [-0.3, -0.25) is 4.79 Å². The number of nitrogens with one attached hydrogen (secondary N) is 1. The summed E-state index contributed by atoms with van der Waals surface area (Å²) in [6, 6.07) is -0.216. The predicted molar refractivity (Wildman–Crippen MR) is 78.4 cm³/mol. The van der Waals surface area contributed by atoms with Crippen molar-refractivity contribution in [2.75, 3.05) is 27.2 Å². The highest BCUT2D eigenvalue weighted by atomic mass is 16.2. The van der Waals surface area contributed by atoms with E-state index in [1.165, 1.54) is 11.9 Å². The van der Waals surface area contributed by atoms with Crippen LogP contribution in [-0.2, 0) is 9.59 Å². The fraction of sp³-hybridized carbons (Fsp3) is 0.643. The van der Waals surface area contributed by atoms with E-state index in [1.807, 2.05) is 13.8 Å². The summed E-state index contributed by atoms with van der Waals surface area (Å²) < 4.78 is 0. The largest absolute Gasteiger partial charge is 0.341 e. The number of carbonyl (C=O) groups excluding carboxylic acids is 3. The minimum atomic E-state index is -0.300. The number of rotatable bonds is 7. The number of hydrogen-bond acceptors (Lipinski definition) is 3. The minimum absolute atomic E-state index is 0.0841. The molecule has 0 aliphatic rings. The Balaban J connectivity index is 4.92. The van der Waals surface area contributed by atoms with E-state index in [0.717, 1.165) is 6.29 Å². The zero-order valence-electron chi connectivity index (χ0n) is 13.0. The molecule has 0 radical (unpaired) electrons. The van der Waals surface area contributed by atoms with Crippen LogP contribution in [0, 0.1) is 0 Å². The highest BCUT2D eigenvalue weighted by Gasteiger charge is 2.21. The maximum absolute atomic E-state index is 12.3. The highest BCUT2D eigenvalue weighted by molar-refractivity contribution is 5.94. The SMILES string of the molecule is C/C=C(/CN(CCC=O)C(=O)NC)C(=O)N(C)C(C)C. The van der Waals surface area contributed by atoms with Crippen LogP contribution in [0.25, 0.3) is 0 Å². The molecule has 0 atom stereocenters. The lowest BCUT2D eigenvalue weighted by Gasteiger charge is -2.27. The molecule has 0 aromatic heterocycles. The molecular weight excluding hydrogens is 258 g/mol. The van der Waals surface area contributed by atoms with Gasteiger partial charge in [-0.25, -0.2) is 4.79 Å². The average Bonchev–Trinajstić information content (AvgIpc) is 2.45. The first-order chi connectivity index (χ1) is 9.38. The second kappa shape index (κ2) is 9.12. The van der Waals surface area contributed by atoms with Gasteiger partial charge in [-0.2, -0.15) is 0 Å². The Morgan fingerprint density at radius 2 is 1.90 bits per heavy atom. The Bertz CT molecular complexity index is 378. The van der Waals surface area contributed by atoms with E-state index in [0.29, 0.717) is 12.1 Å². The average molecular weight is 283 g/mol. The third-order valence-corrected chi connectivity index (χ3v) is 3.10. The van der Waals surface area contributed by atoms with Gasteiger partial charge in [0.05, 0.1) is 6.54 Å².